The van der Waals surface area contributed by atoms with Crippen LogP contribution in [0, 0.1) is 0 Å². The second-order valence-electron chi connectivity index (χ2n) is 2.97. The minimum atomic E-state index is -1.26. The summed E-state index contributed by atoms with van der Waals surface area (Å²) in [4.78, 5) is 0.834. The number of hydrogen-bond acceptors (Lipinski definition) is 2. The molecule has 3 heteroatoms. The topological polar surface area (TPSA) is 26.3 Å². The van der Waals surface area contributed by atoms with Gasteiger partial charge in [-0.25, -0.2) is 4.21 Å². The fourth-order valence-electron chi connectivity index (χ4n) is 1.34. The van der Waals surface area contributed by atoms with Crippen molar-refractivity contribution in [2.45, 2.75) is 6.92 Å². The molecule has 0 aliphatic carbocycles. The molecule has 0 bridgehead atoms. The van der Waals surface area contributed by atoms with Crippen molar-refractivity contribution in [1.29, 1.82) is 0 Å². The molecule has 13 heavy (non-hydrogen) atoms. The Bertz CT molecular complexity index is 368. The summed E-state index contributed by atoms with van der Waals surface area (Å²) in [7, 11) is 0. The molecule has 68 valence electrons. The SMILES string of the molecule is CC1=C(c2ccccc2)S(=O)OC1. The van der Waals surface area contributed by atoms with Gasteiger partial charge in [0.2, 0.25) is 0 Å². The molecule has 0 N–H and O–H groups in total. The minimum absolute atomic E-state index is 0.483. The minimum Gasteiger partial charge on any atom is -0.282 e. The van der Waals surface area contributed by atoms with Crippen molar-refractivity contribution in [3.05, 3.63) is 41.5 Å². The van der Waals surface area contributed by atoms with Crippen molar-refractivity contribution in [3.8, 4) is 0 Å². The summed E-state index contributed by atoms with van der Waals surface area (Å²) in [5, 5.41) is 0. The van der Waals surface area contributed by atoms with Gasteiger partial charge in [0.05, 0.1) is 11.5 Å². The first-order chi connectivity index (χ1) is 6.29. The molecule has 1 aliphatic heterocycles. The van der Waals surface area contributed by atoms with E-state index >= 15 is 0 Å². The summed E-state index contributed by atoms with van der Waals surface area (Å²) in [6.07, 6.45) is 0. The summed E-state index contributed by atoms with van der Waals surface area (Å²) in [5.41, 5.74) is 2.06. The van der Waals surface area contributed by atoms with Crippen LogP contribution in [0.4, 0.5) is 0 Å². The van der Waals surface area contributed by atoms with Gasteiger partial charge in [-0.2, -0.15) is 0 Å². The lowest BCUT2D eigenvalue weighted by atomic mass is 10.1. The lowest BCUT2D eigenvalue weighted by Crippen LogP contribution is -1.90. The molecule has 0 saturated carbocycles. The Balaban J connectivity index is 2.47. The third-order valence-electron chi connectivity index (χ3n) is 1.97. The van der Waals surface area contributed by atoms with Crippen molar-refractivity contribution in [1.82, 2.24) is 0 Å². The molecule has 0 aromatic heterocycles. The van der Waals surface area contributed by atoms with Crippen LogP contribution in [-0.2, 0) is 15.3 Å². The maximum Gasteiger partial charge on any atom is 0.190 e. The number of benzene rings is 1. The molecule has 1 atom stereocenters. The first-order valence-electron chi connectivity index (χ1n) is 4.09. The molecule has 2 nitrogen and oxygen atoms in total. The maximum atomic E-state index is 11.4. The van der Waals surface area contributed by atoms with Crippen molar-refractivity contribution in [2.24, 2.45) is 0 Å². The summed E-state index contributed by atoms with van der Waals surface area (Å²) in [6.45, 7) is 2.43. The summed E-state index contributed by atoms with van der Waals surface area (Å²) < 4.78 is 16.4. The zero-order chi connectivity index (χ0) is 9.26. The molecular weight excluding hydrogens is 184 g/mol. The van der Waals surface area contributed by atoms with Gasteiger partial charge < -0.3 is 0 Å². The lowest BCUT2D eigenvalue weighted by Gasteiger charge is -1.99. The lowest BCUT2D eigenvalue weighted by molar-refractivity contribution is 0.401. The van der Waals surface area contributed by atoms with Gasteiger partial charge in [0.25, 0.3) is 0 Å². The van der Waals surface area contributed by atoms with Crippen LogP contribution < -0.4 is 0 Å². The Morgan fingerprint density at radius 2 is 2.00 bits per heavy atom. The van der Waals surface area contributed by atoms with Crippen LogP contribution in [0.5, 0.6) is 0 Å². The molecular formula is C10H10O2S. The molecule has 1 unspecified atom stereocenters. The van der Waals surface area contributed by atoms with Crippen molar-refractivity contribution < 1.29 is 8.39 Å². The number of rotatable bonds is 1. The van der Waals surface area contributed by atoms with E-state index in [1.807, 2.05) is 37.3 Å². The average Bonchev–Trinajstić information content (AvgIpc) is 2.48. The summed E-state index contributed by atoms with van der Waals surface area (Å²) in [5.74, 6) is 0. The van der Waals surface area contributed by atoms with Gasteiger partial charge in [0, 0.05) is 0 Å². The molecule has 1 heterocycles. The highest BCUT2D eigenvalue weighted by atomic mass is 32.2. The summed E-state index contributed by atoms with van der Waals surface area (Å²) in [6, 6.07) is 9.71. The van der Waals surface area contributed by atoms with Gasteiger partial charge in [-0.05, 0) is 18.1 Å². The standard InChI is InChI=1S/C10H10O2S/c1-8-7-12-13(11)10(8)9-5-3-2-4-6-9/h2-6H,7H2,1H3. The maximum absolute atomic E-state index is 11.4. The largest absolute Gasteiger partial charge is 0.282 e. The van der Waals surface area contributed by atoms with E-state index in [0.717, 1.165) is 16.0 Å². The van der Waals surface area contributed by atoms with Crippen LogP contribution in [-0.4, -0.2) is 10.8 Å². The number of hydrogen-bond donors (Lipinski definition) is 0. The summed E-state index contributed by atoms with van der Waals surface area (Å²) >= 11 is -1.26. The fourth-order valence-corrected chi connectivity index (χ4v) is 2.41. The quantitative estimate of drug-likeness (QED) is 0.684. The van der Waals surface area contributed by atoms with Crippen LogP contribution in [0.25, 0.3) is 4.91 Å². The van der Waals surface area contributed by atoms with E-state index in [4.69, 9.17) is 4.18 Å². The Hall–Kier alpha value is -0.930. The average molecular weight is 194 g/mol. The molecule has 0 saturated heterocycles. The Morgan fingerprint density at radius 3 is 2.54 bits per heavy atom. The molecule has 1 aromatic carbocycles. The van der Waals surface area contributed by atoms with Gasteiger partial charge in [-0.3, -0.25) is 4.18 Å². The van der Waals surface area contributed by atoms with Gasteiger partial charge >= 0.3 is 0 Å². The van der Waals surface area contributed by atoms with E-state index in [1.165, 1.54) is 0 Å². The van der Waals surface area contributed by atoms with Crippen LogP contribution in [0.2, 0.25) is 0 Å². The van der Waals surface area contributed by atoms with Gasteiger partial charge in [-0.1, -0.05) is 30.3 Å². The van der Waals surface area contributed by atoms with Crippen LogP contribution in [0.3, 0.4) is 0 Å². The predicted molar refractivity (Wildman–Crippen MR) is 53.1 cm³/mol. The van der Waals surface area contributed by atoms with Gasteiger partial charge in [0.1, 0.15) is 0 Å². The van der Waals surface area contributed by atoms with Gasteiger partial charge in [0.15, 0.2) is 11.1 Å². The fraction of sp³-hybridized carbons (Fsp3) is 0.200. The first-order valence-corrected chi connectivity index (χ1v) is 5.17. The molecule has 2 rings (SSSR count). The molecule has 0 fully saturated rings. The predicted octanol–water partition coefficient (Wildman–Crippen LogP) is 2.11. The van der Waals surface area contributed by atoms with Crippen LogP contribution >= 0.6 is 0 Å². The highest BCUT2D eigenvalue weighted by Gasteiger charge is 2.20. The first kappa shape index (κ1) is 8.66. The van der Waals surface area contributed by atoms with Crippen molar-refractivity contribution in [3.63, 3.8) is 0 Å². The second kappa shape index (κ2) is 3.44. The van der Waals surface area contributed by atoms with E-state index in [1.54, 1.807) is 0 Å². The molecule has 0 spiro atoms. The van der Waals surface area contributed by atoms with Crippen LogP contribution in [0.15, 0.2) is 35.9 Å². The van der Waals surface area contributed by atoms with E-state index in [-0.39, 0.29) is 0 Å². The van der Waals surface area contributed by atoms with E-state index in [9.17, 15) is 4.21 Å². The van der Waals surface area contributed by atoms with E-state index in [0.29, 0.717) is 6.61 Å². The normalized spacial score (nSPS) is 22.4. The smallest absolute Gasteiger partial charge is 0.190 e. The third kappa shape index (κ3) is 1.57. The van der Waals surface area contributed by atoms with Crippen LogP contribution in [0.1, 0.15) is 12.5 Å². The molecule has 1 aliphatic rings. The molecule has 1 aromatic rings. The molecule has 0 amide bonds. The third-order valence-corrected chi connectivity index (χ3v) is 3.22. The van der Waals surface area contributed by atoms with Crippen molar-refractivity contribution in [2.75, 3.05) is 6.61 Å². The molecule has 0 radical (unpaired) electrons. The second-order valence-corrected chi connectivity index (χ2v) is 4.09. The van der Waals surface area contributed by atoms with E-state index in [2.05, 4.69) is 0 Å². The zero-order valence-electron chi connectivity index (χ0n) is 7.32. The van der Waals surface area contributed by atoms with E-state index < -0.39 is 11.1 Å². The highest BCUT2D eigenvalue weighted by Crippen LogP contribution is 2.28. The van der Waals surface area contributed by atoms with Gasteiger partial charge in [-0.15, -0.1) is 0 Å². The Morgan fingerprint density at radius 1 is 1.31 bits per heavy atom. The van der Waals surface area contributed by atoms with Crippen molar-refractivity contribution >= 4 is 16.0 Å². The monoisotopic (exact) mass is 194 g/mol. The zero-order valence-corrected chi connectivity index (χ0v) is 8.14. The highest BCUT2D eigenvalue weighted by molar-refractivity contribution is 7.90. The Labute approximate surface area is 79.9 Å². The Kier molecular flexibility index (Phi) is 2.29.